The molecule has 0 spiro atoms. The molecular formula is C46H84O14. The lowest BCUT2D eigenvalue weighted by molar-refractivity contribution is -0.332. The van der Waals surface area contributed by atoms with Gasteiger partial charge in [-0.15, -0.1) is 0 Å². The van der Waals surface area contributed by atoms with Gasteiger partial charge in [0.2, 0.25) is 0 Å². The molecule has 352 valence electrons. The number of carbonyl (C=O) groups excluding carboxylic acids is 1. The topological polar surface area (TPSA) is 214 Å². The highest BCUT2D eigenvalue weighted by Gasteiger charge is 2.47. The van der Waals surface area contributed by atoms with Gasteiger partial charge in [-0.25, -0.2) is 0 Å². The quantitative estimate of drug-likeness (QED) is 0.0230. The van der Waals surface area contributed by atoms with Crippen LogP contribution in [0.5, 0.6) is 0 Å². The van der Waals surface area contributed by atoms with Crippen LogP contribution in [-0.4, -0.2) is 142 Å². The average molecular weight is 861 g/mol. The summed E-state index contributed by atoms with van der Waals surface area (Å²) in [6.45, 7) is 3.53. The Hall–Kier alpha value is -1.53. The van der Waals surface area contributed by atoms with Crippen LogP contribution >= 0.6 is 0 Å². The van der Waals surface area contributed by atoms with Crippen LogP contribution in [0.3, 0.4) is 0 Å². The van der Waals surface area contributed by atoms with Gasteiger partial charge in [-0.3, -0.25) is 4.79 Å². The first-order chi connectivity index (χ1) is 29.1. The van der Waals surface area contributed by atoms with Crippen LogP contribution < -0.4 is 0 Å². The Kier molecular flexibility index (Phi) is 31.8. The molecule has 2 fully saturated rings. The maximum Gasteiger partial charge on any atom is 0.306 e. The number of hydrogen-bond donors (Lipinski definition) is 7. The van der Waals surface area contributed by atoms with Crippen molar-refractivity contribution in [3.8, 4) is 0 Å². The smallest absolute Gasteiger partial charge is 0.306 e. The summed E-state index contributed by atoms with van der Waals surface area (Å²) in [5.74, 6) is -0.395. The van der Waals surface area contributed by atoms with E-state index < -0.39 is 86.7 Å². The van der Waals surface area contributed by atoms with Crippen molar-refractivity contribution in [2.75, 3.05) is 33.0 Å². The summed E-state index contributed by atoms with van der Waals surface area (Å²) in [5, 5.41) is 71.6. The largest absolute Gasteiger partial charge is 0.457 e. The van der Waals surface area contributed by atoms with Crippen molar-refractivity contribution in [3.63, 3.8) is 0 Å². The standard InChI is InChI=1S/C46H84O14/c1-3-5-7-9-10-11-12-13-14-15-16-17-18-19-20-21-22-23-24-25-26-28-30-55-32-35(58-38(48)29-27-8-6-4-2)33-56-45-44(54)42(52)40(50)37(60-45)34-57-46-43(53)41(51)39(49)36(31-47)59-46/h12-13,15-16,35-37,39-47,49-54H,3-11,14,17-34H2,1-2H3/b13-12-,16-15-. The second-order valence-corrected chi connectivity index (χ2v) is 16.6. The summed E-state index contributed by atoms with van der Waals surface area (Å²) in [7, 11) is 0. The van der Waals surface area contributed by atoms with Gasteiger partial charge in [-0.2, -0.15) is 0 Å². The van der Waals surface area contributed by atoms with E-state index in [2.05, 4.69) is 38.2 Å². The van der Waals surface area contributed by atoms with Crippen molar-refractivity contribution in [2.24, 2.45) is 0 Å². The van der Waals surface area contributed by atoms with E-state index >= 15 is 0 Å². The Morgan fingerprint density at radius 2 is 1.03 bits per heavy atom. The van der Waals surface area contributed by atoms with Crippen LogP contribution in [0, 0.1) is 0 Å². The van der Waals surface area contributed by atoms with E-state index in [0.29, 0.717) is 13.0 Å². The van der Waals surface area contributed by atoms with Crippen LogP contribution in [0.15, 0.2) is 24.3 Å². The van der Waals surface area contributed by atoms with Gasteiger partial charge in [-0.05, 0) is 44.9 Å². The fraction of sp³-hybridized carbons (Fsp3) is 0.891. The minimum atomic E-state index is -1.70. The molecule has 0 aromatic carbocycles. The van der Waals surface area contributed by atoms with Crippen molar-refractivity contribution in [1.82, 2.24) is 0 Å². The molecule has 0 aromatic heterocycles. The van der Waals surface area contributed by atoms with Gasteiger partial charge in [0.15, 0.2) is 12.6 Å². The van der Waals surface area contributed by atoms with Crippen molar-refractivity contribution in [1.29, 1.82) is 0 Å². The zero-order valence-electron chi connectivity index (χ0n) is 36.9. The summed E-state index contributed by atoms with van der Waals surface area (Å²) in [5.41, 5.74) is 0. The zero-order valence-corrected chi connectivity index (χ0v) is 36.9. The Balaban J connectivity index is 1.65. The summed E-state index contributed by atoms with van der Waals surface area (Å²) < 4.78 is 33.9. The number of rotatable bonds is 36. The highest BCUT2D eigenvalue weighted by Crippen LogP contribution is 2.26. The summed E-state index contributed by atoms with van der Waals surface area (Å²) >= 11 is 0. The van der Waals surface area contributed by atoms with Gasteiger partial charge in [0, 0.05) is 13.0 Å². The number of aliphatic hydroxyl groups is 7. The van der Waals surface area contributed by atoms with Crippen molar-refractivity contribution in [3.05, 3.63) is 24.3 Å². The maximum absolute atomic E-state index is 12.7. The Labute approximate surface area is 360 Å². The number of hydrogen-bond acceptors (Lipinski definition) is 14. The summed E-state index contributed by atoms with van der Waals surface area (Å²) in [4.78, 5) is 12.7. The molecule has 2 aliphatic heterocycles. The van der Waals surface area contributed by atoms with Crippen molar-refractivity contribution < 1.29 is 69.0 Å². The molecule has 2 rings (SSSR count). The Morgan fingerprint density at radius 3 is 1.60 bits per heavy atom. The van der Waals surface area contributed by atoms with Crippen LogP contribution in [0.2, 0.25) is 0 Å². The highest BCUT2D eigenvalue weighted by molar-refractivity contribution is 5.69. The fourth-order valence-electron chi connectivity index (χ4n) is 7.31. The van der Waals surface area contributed by atoms with Crippen LogP contribution in [0.1, 0.15) is 162 Å². The number of allylic oxidation sites excluding steroid dienone is 4. The molecule has 0 saturated carbocycles. The fourth-order valence-corrected chi connectivity index (χ4v) is 7.31. The van der Waals surface area contributed by atoms with E-state index in [9.17, 15) is 40.5 Å². The van der Waals surface area contributed by atoms with Gasteiger partial charge < -0.3 is 64.2 Å². The summed E-state index contributed by atoms with van der Waals surface area (Å²) in [6, 6.07) is 0. The van der Waals surface area contributed by atoms with Crippen molar-refractivity contribution >= 4 is 5.97 Å². The van der Waals surface area contributed by atoms with Crippen LogP contribution in [0.4, 0.5) is 0 Å². The molecule has 60 heavy (non-hydrogen) atoms. The third-order valence-corrected chi connectivity index (χ3v) is 11.2. The molecule has 2 saturated heterocycles. The Morgan fingerprint density at radius 1 is 0.550 bits per heavy atom. The molecule has 0 aliphatic carbocycles. The minimum Gasteiger partial charge on any atom is -0.457 e. The third kappa shape index (κ3) is 23.2. The van der Waals surface area contributed by atoms with E-state index in [1.165, 1.54) is 89.9 Å². The predicted molar refractivity (Wildman–Crippen MR) is 229 cm³/mol. The van der Waals surface area contributed by atoms with E-state index in [-0.39, 0.29) is 19.6 Å². The van der Waals surface area contributed by atoms with Gasteiger partial charge >= 0.3 is 5.97 Å². The molecule has 11 atom stereocenters. The molecule has 14 nitrogen and oxygen atoms in total. The second kappa shape index (κ2) is 34.9. The molecule has 0 aromatic rings. The monoisotopic (exact) mass is 861 g/mol. The first kappa shape index (κ1) is 54.6. The van der Waals surface area contributed by atoms with Gasteiger partial charge in [0.1, 0.15) is 54.9 Å². The number of unbranched alkanes of at least 4 members (excludes halogenated alkanes) is 18. The minimum absolute atomic E-state index is 0.0600. The lowest BCUT2D eigenvalue weighted by Gasteiger charge is -2.42. The van der Waals surface area contributed by atoms with Gasteiger partial charge in [0.05, 0.1) is 26.4 Å². The van der Waals surface area contributed by atoms with E-state index in [1.807, 2.05) is 0 Å². The van der Waals surface area contributed by atoms with Crippen molar-refractivity contribution in [2.45, 2.75) is 229 Å². The number of ether oxygens (including phenoxy) is 6. The van der Waals surface area contributed by atoms with Crippen LogP contribution in [-0.2, 0) is 33.2 Å². The number of carbonyl (C=O) groups is 1. The van der Waals surface area contributed by atoms with Crippen LogP contribution in [0.25, 0.3) is 0 Å². The molecular weight excluding hydrogens is 776 g/mol. The molecule has 0 bridgehead atoms. The van der Waals surface area contributed by atoms with Gasteiger partial charge in [-0.1, -0.05) is 134 Å². The molecule has 0 amide bonds. The Bertz CT molecular complexity index is 1090. The van der Waals surface area contributed by atoms with E-state index in [4.69, 9.17) is 28.4 Å². The third-order valence-electron chi connectivity index (χ3n) is 11.2. The SMILES string of the molecule is CCCCCCC/C=C\C/C=C\CCCCCCCCCCCCOCC(COC1OC(COC2OC(CO)C(O)C(O)C2O)C(O)C(O)C1O)OC(=O)CCCCCC. The van der Waals surface area contributed by atoms with E-state index in [0.717, 1.165) is 44.9 Å². The average Bonchev–Trinajstić information content (AvgIpc) is 3.24. The molecule has 2 heterocycles. The first-order valence-corrected chi connectivity index (χ1v) is 23.4. The first-order valence-electron chi connectivity index (χ1n) is 23.4. The number of aliphatic hydroxyl groups excluding tert-OH is 7. The second-order valence-electron chi connectivity index (χ2n) is 16.6. The van der Waals surface area contributed by atoms with E-state index in [1.54, 1.807) is 0 Å². The lowest BCUT2D eigenvalue weighted by atomic mass is 9.98. The molecule has 2 aliphatic rings. The molecule has 7 N–H and O–H groups in total. The predicted octanol–water partition coefficient (Wildman–Crippen LogP) is 5.68. The number of esters is 1. The summed E-state index contributed by atoms with van der Waals surface area (Å²) in [6.07, 6.45) is 19.0. The highest BCUT2D eigenvalue weighted by atomic mass is 16.7. The van der Waals surface area contributed by atoms with Gasteiger partial charge in [0.25, 0.3) is 0 Å². The maximum atomic E-state index is 12.7. The molecule has 14 heteroatoms. The zero-order chi connectivity index (χ0) is 43.8. The molecule has 0 radical (unpaired) electrons. The normalized spacial score (nSPS) is 27.9. The lowest BCUT2D eigenvalue weighted by Crippen LogP contribution is -2.61. The molecule has 11 unspecified atom stereocenters.